The average Bonchev–Trinajstić information content (AvgIpc) is 3.41. The summed E-state index contributed by atoms with van der Waals surface area (Å²) in [6, 6.07) is 2.39. The SMILES string of the molecule is CN1CCCC1c1cncc(OCCNC(=O)CCC(=O)NCCCOCCOCCOCCCNC(=O)OC(C)(C)C)c1. The Labute approximate surface area is 262 Å². The molecule has 3 amide bonds. The fourth-order valence-electron chi connectivity index (χ4n) is 4.41. The topological polar surface area (TPSA) is 150 Å². The first-order valence-electron chi connectivity index (χ1n) is 15.7. The Morgan fingerprint density at radius 2 is 1.43 bits per heavy atom. The Morgan fingerprint density at radius 3 is 2.02 bits per heavy atom. The largest absolute Gasteiger partial charge is 0.490 e. The van der Waals surface area contributed by atoms with E-state index in [-0.39, 0.29) is 24.7 Å². The van der Waals surface area contributed by atoms with Crippen LogP contribution < -0.4 is 20.7 Å². The lowest BCUT2D eigenvalue weighted by molar-refractivity contribution is -0.126. The monoisotopic (exact) mass is 623 g/mol. The highest BCUT2D eigenvalue weighted by molar-refractivity contribution is 5.83. The van der Waals surface area contributed by atoms with Crippen LogP contribution in [-0.2, 0) is 28.5 Å². The predicted octanol–water partition coefficient (Wildman–Crippen LogP) is 2.59. The van der Waals surface area contributed by atoms with E-state index in [1.807, 2.05) is 33.0 Å². The molecular weight excluding hydrogens is 570 g/mol. The van der Waals surface area contributed by atoms with Crippen LogP contribution in [0, 0.1) is 0 Å². The van der Waals surface area contributed by atoms with E-state index < -0.39 is 11.7 Å². The van der Waals surface area contributed by atoms with Gasteiger partial charge in [-0.1, -0.05) is 0 Å². The summed E-state index contributed by atoms with van der Waals surface area (Å²) in [6.45, 7) is 11.1. The molecule has 13 heteroatoms. The molecule has 0 aliphatic carbocycles. The number of aromatic nitrogens is 1. The van der Waals surface area contributed by atoms with E-state index in [4.69, 9.17) is 23.7 Å². The molecule has 1 aromatic heterocycles. The van der Waals surface area contributed by atoms with Gasteiger partial charge >= 0.3 is 6.09 Å². The fourth-order valence-corrected chi connectivity index (χ4v) is 4.41. The smallest absolute Gasteiger partial charge is 0.407 e. The van der Waals surface area contributed by atoms with Gasteiger partial charge < -0.3 is 39.6 Å². The first kappa shape index (κ1) is 37.2. The summed E-state index contributed by atoms with van der Waals surface area (Å²) in [7, 11) is 2.12. The lowest BCUT2D eigenvalue weighted by Gasteiger charge is -2.19. The maximum atomic E-state index is 12.1. The van der Waals surface area contributed by atoms with E-state index in [0.717, 1.165) is 18.5 Å². The molecule has 1 saturated heterocycles. The van der Waals surface area contributed by atoms with Crippen molar-refractivity contribution in [1.29, 1.82) is 0 Å². The highest BCUT2D eigenvalue weighted by Crippen LogP contribution is 2.31. The highest BCUT2D eigenvalue weighted by Gasteiger charge is 2.23. The second-order valence-electron chi connectivity index (χ2n) is 11.6. The van der Waals surface area contributed by atoms with Crippen molar-refractivity contribution < 1.29 is 38.1 Å². The van der Waals surface area contributed by atoms with Gasteiger partial charge in [0.25, 0.3) is 0 Å². The van der Waals surface area contributed by atoms with E-state index >= 15 is 0 Å². The number of hydrogen-bond acceptors (Lipinski definition) is 10. The summed E-state index contributed by atoms with van der Waals surface area (Å²) >= 11 is 0. The molecule has 0 radical (unpaired) electrons. The Balaban J connectivity index is 1.33. The van der Waals surface area contributed by atoms with Gasteiger partial charge in [0.2, 0.25) is 11.8 Å². The third-order valence-corrected chi connectivity index (χ3v) is 6.58. The quantitative estimate of drug-likeness (QED) is 0.165. The molecule has 0 aromatic carbocycles. The van der Waals surface area contributed by atoms with Crippen LogP contribution in [0.25, 0.3) is 0 Å². The van der Waals surface area contributed by atoms with Crippen molar-refractivity contribution in [2.24, 2.45) is 0 Å². The number of carbonyl (C=O) groups excluding carboxylic acids is 3. The molecular formula is C31H53N5O8. The molecule has 0 bridgehead atoms. The predicted molar refractivity (Wildman–Crippen MR) is 166 cm³/mol. The van der Waals surface area contributed by atoms with Crippen molar-refractivity contribution in [3.05, 3.63) is 24.0 Å². The lowest BCUT2D eigenvalue weighted by atomic mass is 10.1. The minimum Gasteiger partial charge on any atom is -0.490 e. The number of pyridine rings is 1. The van der Waals surface area contributed by atoms with Gasteiger partial charge in [0.15, 0.2) is 0 Å². The number of amides is 3. The Bertz CT molecular complexity index is 975. The Kier molecular flexibility index (Phi) is 18.3. The van der Waals surface area contributed by atoms with Crippen molar-refractivity contribution in [2.75, 3.05) is 79.5 Å². The molecule has 1 aromatic rings. The third-order valence-electron chi connectivity index (χ3n) is 6.58. The Morgan fingerprint density at radius 1 is 0.841 bits per heavy atom. The van der Waals surface area contributed by atoms with Gasteiger partial charge in [-0.05, 0) is 71.7 Å². The fraction of sp³-hybridized carbons (Fsp3) is 0.742. The number of nitrogens with one attached hydrogen (secondary N) is 3. The lowest BCUT2D eigenvalue weighted by Crippen LogP contribution is -2.33. The summed E-state index contributed by atoms with van der Waals surface area (Å²) in [5.74, 6) is 0.337. The van der Waals surface area contributed by atoms with Crippen molar-refractivity contribution in [3.63, 3.8) is 0 Å². The van der Waals surface area contributed by atoms with Crippen LogP contribution in [0.15, 0.2) is 18.5 Å². The zero-order valence-corrected chi connectivity index (χ0v) is 27.0. The maximum Gasteiger partial charge on any atom is 0.407 e. The number of rotatable bonds is 22. The normalized spacial score (nSPS) is 15.1. The second kappa shape index (κ2) is 21.7. The summed E-state index contributed by atoms with van der Waals surface area (Å²) in [6.07, 6.45) is 7.05. The van der Waals surface area contributed by atoms with Crippen molar-refractivity contribution >= 4 is 17.9 Å². The molecule has 13 nitrogen and oxygen atoms in total. The summed E-state index contributed by atoms with van der Waals surface area (Å²) < 4.78 is 27.3. The van der Waals surface area contributed by atoms with Crippen LogP contribution >= 0.6 is 0 Å². The van der Waals surface area contributed by atoms with Crippen LogP contribution in [0.1, 0.15) is 70.9 Å². The first-order valence-corrected chi connectivity index (χ1v) is 15.7. The van der Waals surface area contributed by atoms with E-state index in [1.165, 1.54) is 6.42 Å². The van der Waals surface area contributed by atoms with Gasteiger partial charge in [0.1, 0.15) is 18.0 Å². The zero-order chi connectivity index (χ0) is 32.0. The zero-order valence-electron chi connectivity index (χ0n) is 27.0. The van der Waals surface area contributed by atoms with Crippen LogP contribution in [0.3, 0.4) is 0 Å². The number of ether oxygens (including phenoxy) is 5. The number of carbonyl (C=O) groups is 3. The van der Waals surface area contributed by atoms with Crippen LogP contribution in [0.5, 0.6) is 5.75 Å². The average molecular weight is 624 g/mol. The minimum absolute atomic E-state index is 0.122. The van der Waals surface area contributed by atoms with Crippen LogP contribution in [0.4, 0.5) is 4.79 Å². The number of nitrogens with zero attached hydrogens (tertiary/aromatic N) is 2. The van der Waals surface area contributed by atoms with Gasteiger partial charge in [-0.15, -0.1) is 0 Å². The molecule has 2 heterocycles. The van der Waals surface area contributed by atoms with Gasteiger partial charge in [-0.3, -0.25) is 19.5 Å². The molecule has 1 unspecified atom stereocenters. The molecule has 1 aliphatic heterocycles. The van der Waals surface area contributed by atoms with Crippen LogP contribution in [-0.4, -0.2) is 113 Å². The number of alkyl carbamates (subject to hydrolysis) is 1. The molecule has 0 spiro atoms. The van der Waals surface area contributed by atoms with Gasteiger partial charge in [0.05, 0.1) is 39.2 Å². The standard InChI is InChI=1S/C31H53N5O8/c1-31(2,3)44-30(39)35-12-7-16-41-19-21-42-20-18-40-15-6-11-33-28(37)9-10-29(38)34-13-17-43-26-22-25(23-32-24-26)27-8-5-14-36(27)4/h22-24,27H,5-21H2,1-4H3,(H,33,37)(H,34,38)(H,35,39). The second-order valence-corrected chi connectivity index (χ2v) is 11.6. The highest BCUT2D eigenvalue weighted by atomic mass is 16.6. The van der Waals surface area contributed by atoms with Gasteiger partial charge in [0, 0.05) is 51.4 Å². The maximum absolute atomic E-state index is 12.1. The molecule has 2 rings (SSSR count). The third kappa shape index (κ3) is 18.0. The van der Waals surface area contributed by atoms with E-state index in [2.05, 4.69) is 32.9 Å². The minimum atomic E-state index is -0.505. The molecule has 1 atom stereocenters. The van der Waals surface area contributed by atoms with Gasteiger partial charge in [-0.2, -0.15) is 0 Å². The number of hydrogen-bond donors (Lipinski definition) is 3. The van der Waals surface area contributed by atoms with Crippen molar-refractivity contribution in [2.45, 2.75) is 70.9 Å². The summed E-state index contributed by atoms with van der Waals surface area (Å²) in [5.41, 5.74) is 0.644. The molecule has 44 heavy (non-hydrogen) atoms. The van der Waals surface area contributed by atoms with Crippen molar-refractivity contribution in [3.8, 4) is 5.75 Å². The van der Waals surface area contributed by atoms with E-state index in [9.17, 15) is 14.4 Å². The van der Waals surface area contributed by atoms with Crippen molar-refractivity contribution in [1.82, 2.24) is 25.8 Å². The summed E-state index contributed by atoms with van der Waals surface area (Å²) in [5, 5.41) is 8.27. The number of likely N-dealkylation sites (tertiary alicyclic amines) is 1. The summed E-state index contributed by atoms with van der Waals surface area (Å²) in [4.78, 5) is 42.2. The first-order chi connectivity index (χ1) is 21.1. The van der Waals surface area contributed by atoms with Crippen LogP contribution in [0.2, 0.25) is 0 Å². The molecule has 3 N–H and O–H groups in total. The van der Waals surface area contributed by atoms with E-state index in [0.29, 0.717) is 90.5 Å². The molecule has 0 saturated carbocycles. The molecule has 250 valence electrons. The molecule has 1 fully saturated rings. The van der Waals surface area contributed by atoms with Gasteiger partial charge in [-0.25, -0.2) is 4.79 Å². The van der Waals surface area contributed by atoms with E-state index in [1.54, 1.807) is 6.20 Å². The Hall–Kier alpha value is -3.00. The molecule has 1 aliphatic rings.